The highest BCUT2D eigenvalue weighted by Gasteiger charge is 2.33. The van der Waals surface area contributed by atoms with Gasteiger partial charge in [0.2, 0.25) is 11.8 Å². The topological polar surface area (TPSA) is 75.4 Å². The molecule has 2 amide bonds. The Balaban J connectivity index is 1.38. The minimum Gasteiger partial charge on any atom is -0.347 e. The summed E-state index contributed by atoms with van der Waals surface area (Å²) in [5.41, 5.74) is 7.29. The lowest BCUT2D eigenvalue weighted by molar-refractivity contribution is -0.134. The summed E-state index contributed by atoms with van der Waals surface area (Å²) < 4.78 is 0. The maximum absolute atomic E-state index is 12.5. The van der Waals surface area contributed by atoms with E-state index in [1.807, 2.05) is 11.0 Å². The predicted octanol–water partition coefficient (Wildman–Crippen LogP) is 2.88. The predicted molar refractivity (Wildman–Crippen MR) is 112 cm³/mol. The number of benzene rings is 1. The van der Waals surface area contributed by atoms with Crippen molar-refractivity contribution in [3.8, 4) is 0 Å². The molecule has 1 aliphatic heterocycles. The van der Waals surface area contributed by atoms with Crippen LogP contribution >= 0.6 is 0 Å². The first-order chi connectivity index (χ1) is 13.6. The molecule has 0 spiro atoms. The monoisotopic (exact) mass is 385 g/mol. The van der Waals surface area contributed by atoms with Gasteiger partial charge < -0.3 is 16.0 Å². The Morgan fingerprint density at radius 3 is 2.39 bits per heavy atom. The van der Waals surface area contributed by atoms with E-state index in [-0.39, 0.29) is 23.8 Å². The summed E-state index contributed by atoms with van der Waals surface area (Å²) >= 11 is 0. The van der Waals surface area contributed by atoms with Crippen LogP contribution < -0.4 is 11.1 Å². The molecule has 1 heterocycles. The average Bonchev–Trinajstić information content (AvgIpc) is 2.74. The highest BCUT2D eigenvalue weighted by molar-refractivity contribution is 5.85. The van der Waals surface area contributed by atoms with Crippen LogP contribution in [0.5, 0.6) is 0 Å². The standard InChI is InChI=1S/C23H35N3O2/c24-18-23(11-5-2-6-12-23)16-21(27)25-17-22(28)26-13-9-20(10-14-26)15-19-7-3-1-4-8-19/h1,3-4,7-8,20H,2,5-6,9-18,24H2,(H,25,27). The number of hydrogen-bond donors (Lipinski definition) is 2. The molecule has 0 unspecified atom stereocenters. The number of hydrogen-bond acceptors (Lipinski definition) is 3. The lowest BCUT2D eigenvalue weighted by atomic mass is 9.71. The highest BCUT2D eigenvalue weighted by atomic mass is 16.2. The van der Waals surface area contributed by atoms with Gasteiger partial charge in [0, 0.05) is 19.5 Å². The van der Waals surface area contributed by atoms with Crippen molar-refractivity contribution in [2.75, 3.05) is 26.2 Å². The van der Waals surface area contributed by atoms with Crippen LogP contribution in [0.4, 0.5) is 0 Å². The van der Waals surface area contributed by atoms with Crippen molar-refractivity contribution in [2.45, 2.75) is 57.8 Å². The third kappa shape index (κ3) is 5.81. The number of rotatable bonds is 7. The van der Waals surface area contributed by atoms with Crippen molar-refractivity contribution in [2.24, 2.45) is 17.1 Å². The molecule has 3 rings (SSSR count). The normalized spacial score (nSPS) is 20.0. The summed E-state index contributed by atoms with van der Waals surface area (Å²) in [6, 6.07) is 10.6. The number of piperidine rings is 1. The molecule has 28 heavy (non-hydrogen) atoms. The van der Waals surface area contributed by atoms with Gasteiger partial charge in [0.15, 0.2) is 0 Å². The molecule has 2 aliphatic rings. The zero-order chi connectivity index (χ0) is 19.8. The van der Waals surface area contributed by atoms with Gasteiger partial charge in [-0.25, -0.2) is 0 Å². The summed E-state index contributed by atoms with van der Waals surface area (Å²) in [5.74, 6) is 0.647. The molecule has 1 saturated heterocycles. The van der Waals surface area contributed by atoms with Gasteiger partial charge in [-0.1, -0.05) is 49.6 Å². The molecule has 0 atom stereocenters. The molecule has 5 heteroatoms. The van der Waals surface area contributed by atoms with Gasteiger partial charge in [0.05, 0.1) is 6.54 Å². The fourth-order valence-electron chi connectivity index (χ4n) is 4.78. The van der Waals surface area contributed by atoms with E-state index in [2.05, 4.69) is 29.6 Å². The molecule has 154 valence electrons. The van der Waals surface area contributed by atoms with E-state index in [9.17, 15) is 9.59 Å². The average molecular weight is 386 g/mol. The van der Waals surface area contributed by atoms with Gasteiger partial charge in [-0.3, -0.25) is 9.59 Å². The van der Waals surface area contributed by atoms with Crippen LogP contribution in [-0.4, -0.2) is 42.9 Å². The molecule has 0 aromatic heterocycles. The second kappa shape index (κ2) is 10.1. The minimum absolute atomic E-state index is 0.0281. The zero-order valence-corrected chi connectivity index (χ0v) is 17.0. The molecule has 0 radical (unpaired) electrons. The summed E-state index contributed by atoms with van der Waals surface area (Å²) in [4.78, 5) is 26.8. The van der Waals surface area contributed by atoms with Crippen LogP contribution in [0.1, 0.15) is 56.9 Å². The number of nitrogens with zero attached hydrogens (tertiary/aromatic N) is 1. The number of carbonyl (C=O) groups excluding carboxylic acids is 2. The zero-order valence-electron chi connectivity index (χ0n) is 17.0. The van der Waals surface area contributed by atoms with Crippen molar-refractivity contribution in [3.63, 3.8) is 0 Å². The van der Waals surface area contributed by atoms with Gasteiger partial charge in [-0.2, -0.15) is 0 Å². The largest absolute Gasteiger partial charge is 0.347 e. The van der Waals surface area contributed by atoms with Crippen molar-refractivity contribution in [1.82, 2.24) is 10.2 Å². The van der Waals surface area contributed by atoms with Crippen molar-refractivity contribution >= 4 is 11.8 Å². The van der Waals surface area contributed by atoms with E-state index in [1.54, 1.807) is 0 Å². The summed E-state index contributed by atoms with van der Waals surface area (Å²) in [5, 5.41) is 2.85. The number of amides is 2. The van der Waals surface area contributed by atoms with E-state index in [0.717, 1.165) is 58.0 Å². The highest BCUT2D eigenvalue weighted by Crippen LogP contribution is 2.38. The van der Waals surface area contributed by atoms with Gasteiger partial charge in [0.1, 0.15) is 0 Å². The first-order valence-corrected chi connectivity index (χ1v) is 10.9. The molecule has 1 aromatic rings. The van der Waals surface area contributed by atoms with Crippen LogP contribution in [0.25, 0.3) is 0 Å². The van der Waals surface area contributed by atoms with Crippen LogP contribution in [0.3, 0.4) is 0 Å². The van der Waals surface area contributed by atoms with Crippen LogP contribution in [0.2, 0.25) is 0 Å². The van der Waals surface area contributed by atoms with E-state index < -0.39 is 0 Å². The Kier molecular flexibility index (Phi) is 7.49. The Hall–Kier alpha value is -1.88. The quantitative estimate of drug-likeness (QED) is 0.758. The van der Waals surface area contributed by atoms with E-state index >= 15 is 0 Å². The molecule has 2 fully saturated rings. The second-order valence-electron chi connectivity index (χ2n) is 8.73. The molecule has 5 nitrogen and oxygen atoms in total. The Bertz CT molecular complexity index is 633. The molecular weight excluding hydrogens is 350 g/mol. The van der Waals surface area contributed by atoms with Crippen LogP contribution in [0.15, 0.2) is 30.3 Å². The Labute approximate surface area is 169 Å². The fourth-order valence-corrected chi connectivity index (χ4v) is 4.78. The lowest BCUT2D eigenvalue weighted by Crippen LogP contribution is -2.45. The number of carbonyl (C=O) groups is 2. The first kappa shape index (κ1) is 20.8. The van der Waals surface area contributed by atoms with E-state index in [4.69, 9.17) is 5.73 Å². The third-order valence-electron chi connectivity index (χ3n) is 6.65. The molecule has 3 N–H and O–H groups in total. The number of nitrogens with one attached hydrogen (secondary N) is 1. The maximum atomic E-state index is 12.5. The van der Waals surface area contributed by atoms with E-state index in [1.165, 1.54) is 12.0 Å². The number of likely N-dealkylation sites (tertiary alicyclic amines) is 1. The third-order valence-corrected chi connectivity index (χ3v) is 6.65. The van der Waals surface area contributed by atoms with Gasteiger partial charge in [0.25, 0.3) is 0 Å². The molecular formula is C23H35N3O2. The molecule has 1 aromatic carbocycles. The summed E-state index contributed by atoms with van der Waals surface area (Å²) in [7, 11) is 0. The fraction of sp³-hybridized carbons (Fsp3) is 0.652. The molecule has 0 bridgehead atoms. The summed E-state index contributed by atoms with van der Waals surface area (Å²) in [6.07, 6.45) is 9.21. The maximum Gasteiger partial charge on any atom is 0.241 e. The second-order valence-corrected chi connectivity index (χ2v) is 8.73. The Morgan fingerprint density at radius 2 is 1.75 bits per heavy atom. The van der Waals surface area contributed by atoms with Crippen LogP contribution in [-0.2, 0) is 16.0 Å². The van der Waals surface area contributed by atoms with Crippen molar-refractivity contribution < 1.29 is 9.59 Å². The minimum atomic E-state index is -0.0544. The Morgan fingerprint density at radius 1 is 1.07 bits per heavy atom. The first-order valence-electron chi connectivity index (χ1n) is 10.9. The van der Waals surface area contributed by atoms with Gasteiger partial charge >= 0.3 is 0 Å². The van der Waals surface area contributed by atoms with Gasteiger partial charge in [-0.15, -0.1) is 0 Å². The molecule has 1 saturated carbocycles. The SMILES string of the molecule is NCC1(CC(=O)NCC(=O)N2CCC(Cc3ccccc3)CC2)CCCCC1. The smallest absolute Gasteiger partial charge is 0.241 e. The lowest BCUT2D eigenvalue weighted by Gasteiger charge is -2.36. The van der Waals surface area contributed by atoms with Gasteiger partial charge in [-0.05, 0) is 55.5 Å². The van der Waals surface area contributed by atoms with Crippen LogP contribution in [0, 0.1) is 11.3 Å². The number of nitrogens with two attached hydrogens (primary N) is 1. The summed E-state index contributed by atoms with van der Waals surface area (Å²) in [6.45, 7) is 2.25. The van der Waals surface area contributed by atoms with E-state index in [0.29, 0.717) is 18.9 Å². The van der Waals surface area contributed by atoms with Crippen molar-refractivity contribution in [3.05, 3.63) is 35.9 Å². The van der Waals surface area contributed by atoms with Crippen molar-refractivity contribution in [1.29, 1.82) is 0 Å². The molecule has 1 aliphatic carbocycles.